The normalized spacial score (nSPS) is 12.3. The smallest absolute Gasteiger partial charge is 0.321 e. The number of hydrogen-bond acceptors (Lipinski definition) is 4. The molecule has 100 valence electrons. The van der Waals surface area contributed by atoms with Gasteiger partial charge < -0.3 is 10.8 Å². The zero-order valence-corrected chi connectivity index (χ0v) is 11.1. The average molecular weight is 277 g/mol. The van der Waals surface area contributed by atoms with E-state index in [0.29, 0.717) is 11.5 Å². The van der Waals surface area contributed by atoms with Crippen LogP contribution in [0.15, 0.2) is 42.6 Å². The lowest BCUT2D eigenvalue weighted by Gasteiger charge is -2.04. The number of carboxylic acids is 1. The highest BCUT2D eigenvalue weighted by Crippen LogP contribution is 2.13. The van der Waals surface area contributed by atoms with Crippen LogP contribution >= 0.6 is 11.8 Å². The Morgan fingerprint density at radius 3 is 2.79 bits per heavy atom. The third-order valence-corrected chi connectivity index (χ3v) is 3.62. The molecule has 1 atom stereocenters. The van der Waals surface area contributed by atoms with Gasteiger partial charge in [-0.2, -0.15) is 16.9 Å². The number of thioether (sulfide) groups is 1. The van der Waals surface area contributed by atoms with Crippen LogP contribution in [0.3, 0.4) is 0 Å². The molecule has 2 rings (SSSR count). The zero-order valence-electron chi connectivity index (χ0n) is 10.3. The molecule has 1 aromatic heterocycles. The summed E-state index contributed by atoms with van der Waals surface area (Å²) < 4.78 is 1.80. The molecule has 5 nitrogen and oxygen atoms in total. The highest BCUT2D eigenvalue weighted by atomic mass is 32.2. The second-order valence-corrected chi connectivity index (χ2v) is 5.08. The van der Waals surface area contributed by atoms with E-state index in [1.165, 1.54) is 11.8 Å². The molecular formula is C13H15N3O2S. The molecule has 0 spiro atoms. The topological polar surface area (TPSA) is 81.1 Å². The lowest BCUT2D eigenvalue weighted by atomic mass is 10.3. The predicted octanol–water partition coefficient (Wildman–Crippen LogP) is 1.52. The number of hydrogen-bond donors (Lipinski definition) is 2. The lowest BCUT2D eigenvalue weighted by molar-refractivity contribution is -0.137. The number of nitrogens with zero attached hydrogens (tertiary/aromatic N) is 2. The Balaban J connectivity index is 1.90. The number of para-hydroxylation sites is 1. The summed E-state index contributed by atoms with van der Waals surface area (Å²) in [7, 11) is 0. The fourth-order valence-electron chi connectivity index (χ4n) is 1.52. The van der Waals surface area contributed by atoms with Crippen LogP contribution in [0.2, 0.25) is 0 Å². The molecule has 3 N–H and O–H groups in total. The molecule has 1 aromatic carbocycles. The predicted molar refractivity (Wildman–Crippen MR) is 75.3 cm³/mol. The summed E-state index contributed by atoms with van der Waals surface area (Å²) in [6, 6.07) is 10.9. The Morgan fingerprint density at radius 1 is 1.37 bits per heavy atom. The molecule has 0 amide bonds. The largest absolute Gasteiger partial charge is 0.480 e. The first-order valence-corrected chi connectivity index (χ1v) is 6.98. The summed E-state index contributed by atoms with van der Waals surface area (Å²) >= 11 is 1.47. The lowest BCUT2D eigenvalue weighted by Crippen LogP contribution is -2.32. The zero-order chi connectivity index (χ0) is 13.7. The van der Waals surface area contributed by atoms with E-state index in [9.17, 15) is 4.79 Å². The highest BCUT2D eigenvalue weighted by Gasteiger charge is 2.11. The molecule has 0 saturated heterocycles. The summed E-state index contributed by atoms with van der Waals surface area (Å²) in [5, 5.41) is 13.1. The molecule has 1 unspecified atom stereocenters. The van der Waals surface area contributed by atoms with E-state index in [0.717, 1.165) is 11.4 Å². The number of benzene rings is 1. The van der Waals surface area contributed by atoms with Crippen molar-refractivity contribution in [2.24, 2.45) is 5.73 Å². The van der Waals surface area contributed by atoms with E-state index in [2.05, 4.69) is 5.10 Å². The summed E-state index contributed by atoms with van der Waals surface area (Å²) in [6.07, 6.45) is 1.89. The molecule has 2 aromatic rings. The standard InChI is InChI=1S/C13H15N3O2S/c14-12(13(17)18)9-19-8-10-6-7-16(15-10)11-4-2-1-3-5-11/h1-7,12H,8-9,14H2,(H,17,18). The van der Waals surface area contributed by atoms with Gasteiger partial charge in [0.15, 0.2) is 0 Å². The van der Waals surface area contributed by atoms with E-state index in [1.807, 2.05) is 42.6 Å². The molecule has 0 saturated carbocycles. The average Bonchev–Trinajstić information content (AvgIpc) is 2.88. The van der Waals surface area contributed by atoms with Gasteiger partial charge in [-0.05, 0) is 18.2 Å². The number of nitrogens with two attached hydrogens (primary N) is 1. The summed E-state index contributed by atoms with van der Waals surface area (Å²) in [6.45, 7) is 0. The van der Waals surface area contributed by atoms with Gasteiger partial charge in [0, 0.05) is 17.7 Å². The van der Waals surface area contributed by atoms with Crippen molar-refractivity contribution in [2.75, 3.05) is 5.75 Å². The van der Waals surface area contributed by atoms with Crippen LogP contribution in [0.4, 0.5) is 0 Å². The van der Waals surface area contributed by atoms with Gasteiger partial charge in [0.25, 0.3) is 0 Å². The van der Waals surface area contributed by atoms with Gasteiger partial charge in [-0.15, -0.1) is 0 Å². The van der Waals surface area contributed by atoms with Crippen molar-refractivity contribution in [3.05, 3.63) is 48.3 Å². The third kappa shape index (κ3) is 3.84. The van der Waals surface area contributed by atoms with Gasteiger partial charge in [0.1, 0.15) is 6.04 Å². The molecular weight excluding hydrogens is 262 g/mol. The Morgan fingerprint density at radius 2 is 2.11 bits per heavy atom. The van der Waals surface area contributed by atoms with Crippen molar-refractivity contribution in [1.29, 1.82) is 0 Å². The van der Waals surface area contributed by atoms with Crippen LogP contribution in [0.25, 0.3) is 5.69 Å². The Hall–Kier alpha value is -1.79. The number of aromatic nitrogens is 2. The fraction of sp³-hybridized carbons (Fsp3) is 0.231. The van der Waals surface area contributed by atoms with Crippen LogP contribution < -0.4 is 5.73 Å². The second kappa shape index (κ2) is 6.40. The van der Waals surface area contributed by atoms with Gasteiger partial charge in [0.05, 0.1) is 11.4 Å². The summed E-state index contributed by atoms with van der Waals surface area (Å²) in [4.78, 5) is 10.6. The second-order valence-electron chi connectivity index (χ2n) is 4.05. The van der Waals surface area contributed by atoms with E-state index in [1.54, 1.807) is 4.68 Å². The van der Waals surface area contributed by atoms with Crippen molar-refractivity contribution in [2.45, 2.75) is 11.8 Å². The van der Waals surface area contributed by atoms with Gasteiger partial charge in [-0.25, -0.2) is 4.68 Å². The quantitative estimate of drug-likeness (QED) is 0.836. The van der Waals surface area contributed by atoms with Crippen molar-refractivity contribution in [1.82, 2.24) is 9.78 Å². The van der Waals surface area contributed by atoms with Gasteiger partial charge in [-0.1, -0.05) is 18.2 Å². The van der Waals surface area contributed by atoms with E-state index in [-0.39, 0.29) is 0 Å². The molecule has 0 aliphatic heterocycles. The molecule has 19 heavy (non-hydrogen) atoms. The van der Waals surface area contributed by atoms with Gasteiger partial charge in [-0.3, -0.25) is 4.79 Å². The molecule has 0 aliphatic carbocycles. The number of carbonyl (C=O) groups is 1. The third-order valence-electron chi connectivity index (χ3n) is 2.53. The first-order valence-electron chi connectivity index (χ1n) is 5.83. The van der Waals surface area contributed by atoms with E-state index >= 15 is 0 Å². The molecule has 6 heteroatoms. The number of aliphatic carboxylic acids is 1. The van der Waals surface area contributed by atoms with Crippen LogP contribution in [-0.4, -0.2) is 32.7 Å². The van der Waals surface area contributed by atoms with Crippen molar-refractivity contribution >= 4 is 17.7 Å². The van der Waals surface area contributed by atoms with Crippen molar-refractivity contribution in [3.63, 3.8) is 0 Å². The van der Waals surface area contributed by atoms with Crippen LogP contribution in [0.1, 0.15) is 5.69 Å². The van der Waals surface area contributed by atoms with Crippen LogP contribution in [-0.2, 0) is 10.5 Å². The highest BCUT2D eigenvalue weighted by molar-refractivity contribution is 7.98. The molecule has 1 heterocycles. The number of carboxylic acid groups (broad SMARTS) is 1. The fourth-order valence-corrected chi connectivity index (χ4v) is 2.40. The Labute approximate surface area is 115 Å². The summed E-state index contributed by atoms with van der Waals surface area (Å²) in [5.41, 5.74) is 7.34. The van der Waals surface area contributed by atoms with E-state index in [4.69, 9.17) is 10.8 Å². The summed E-state index contributed by atoms with van der Waals surface area (Å²) in [5.74, 6) is 0.0660. The maximum atomic E-state index is 10.6. The minimum absolute atomic E-state index is 0.382. The number of rotatable bonds is 6. The Bertz CT molecular complexity index is 542. The Kier molecular flexibility index (Phi) is 4.59. The first-order chi connectivity index (χ1) is 9.16. The van der Waals surface area contributed by atoms with E-state index < -0.39 is 12.0 Å². The maximum absolute atomic E-state index is 10.6. The van der Waals surface area contributed by atoms with Crippen LogP contribution in [0.5, 0.6) is 0 Å². The first kappa shape index (κ1) is 13.6. The van der Waals surface area contributed by atoms with Gasteiger partial charge >= 0.3 is 5.97 Å². The minimum Gasteiger partial charge on any atom is -0.480 e. The molecule has 0 radical (unpaired) electrons. The molecule has 0 fully saturated rings. The molecule has 0 aliphatic rings. The van der Waals surface area contributed by atoms with Crippen LogP contribution in [0, 0.1) is 0 Å². The molecule has 0 bridgehead atoms. The monoisotopic (exact) mass is 277 g/mol. The van der Waals surface area contributed by atoms with Gasteiger partial charge in [0.2, 0.25) is 0 Å². The maximum Gasteiger partial charge on any atom is 0.321 e. The minimum atomic E-state index is -0.970. The van der Waals surface area contributed by atoms with Crippen molar-refractivity contribution < 1.29 is 9.90 Å². The van der Waals surface area contributed by atoms with Crippen molar-refractivity contribution in [3.8, 4) is 5.69 Å². The SMILES string of the molecule is NC(CSCc1ccn(-c2ccccc2)n1)C(=O)O.